The number of rotatable bonds is 9. The van der Waals surface area contributed by atoms with Crippen LogP contribution in [-0.2, 0) is 21.4 Å². The number of benzene rings is 2. The molecule has 1 saturated carbocycles. The quantitative estimate of drug-likeness (QED) is 0.476. The highest BCUT2D eigenvalue weighted by molar-refractivity contribution is 7.88. The fourth-order valence-corrected chi connectivity index (χ4v) is 4.77. The molecule has 2 aromatic rings. The molecule has 0 spiro atoms. The number of hydrogen-bond donors (Lipinski definition) is 1. The molecule has 166 valence electrons. The SMILES string of the molecule is CS(=O)(=O)N(CC(=O)NN=Cc1cccc(OCc2ccccc2)c1)C1CCCCC1. The second-order valence-corrected chi connectivity index (χ2v) is 9.68. The van der Waals surface area contributed by atoms with Gasteiger partial charge in [0.25, 0.3) is 5.91 Å². The molecule has 1 N–H and O–H groups in total. The molecule has 31 heavy (non-hydrogen) atoms. The molecule has 2 aromatic carbocycles. The Labute approximate surface area is 184 Å². The molecular weight excluding hydrogens is 414 g/mol. The van der Waals surface area contributed by atoms with Crippen molar-refractivity contribution >= 4 is 22.1 Å². The molecule has 0 bridgehead atoms. The van der Waals surface area contributed by atoms with E-state index >= 15 is 0 Å². The molecule has 0 aromatic heterocycles. The first kappa shape index (κ1) is 23.0. The number of sulfonamides is 1. The molecule has 8 heteroatoms. The first-order valence-corrected chi connectivity index (χ1v) is 12.3. The zero-order valence-electron chi connectivity index (χ0n) is 17.7. The maximum atomic E-state index is 12.3. The Morgan fingerprint density at radius 1 is 1.13 bits per heavy atom. The Kier molecular flexibility index (Phi) is 8.20. The van der Waals surface area contributed by atoms with Gasteiger partial charge in [-0.25, -0.2) is 13.8 Å². The van der Waals surface area contributed by atoms with Crippen LogP contribution in [0.4, 0.5) is 0 Å². The number of hydrogen-bond acceptors (Lipinski definition) is 5. The van der Waals surface area contributed by atoms with E-state index in [0.29, 0.717) is 12.4 Å². The van der Waals surface area contributed by atoms with E-state index in [1.165, 1.54) is 10.5 Å². The second-order valence-electron chi connectivity index (χ2n) is 7.74. The number of ether oxygens (including phenoxy) is 1. The molecule has 0 saturated heterocycles. The summed E-state index contributed by atoms with van der Waals surface area (Å²) in [5.74, 6) is 0.239. The minimum Gasteiger partial charge on any atom is -0.489 e. The lowest BCUT2D eigenvalue weighted by atomic mass is 9.95. The lowest BCUT2D eigenvalue weighted by Crippen LogP contribution is -2.45. The lowest BCUT2D eigenvalue weighted by molar-refractivity contribution is -0.121. The lowest BCUT2D eigenvalue weighted by Gasteiger charge is -2.31. The van der Waals surface area contributed by atoms with Gasteiger partial charge in [0.05, 0.1) is 19.0 Å². The van der Waals surface area contributed by atoms with Gasteiger partial charge in [0.2, 0.25) is 10.0 Å². The van der Waals surface area contributed by atoms with Gasteiger partial charge in [-0.1, -0.05) is 61.7 Å². The van der Waals surface area contributed by atoms with Gasteiger partial charge >= 0.3 is 0 Å². The fourth-order valence-electron chi connectivity index (χ4n) is 3.67. The summed E-state index contributed by atoms with van der Waals surface area (Å²) in [5, 5.41) is 3.98. The molecule has 0 radical (unpaired) electrons. The number of hydrazone groups is 1. The number of nitrogens with one attached hydrogen (secondary N) is 1. The van der Waals surface area contributed by atoms with E-state index in [0.717, 1.165) is 49.5 Å². The molecule has 0 heterocycles. The molecule has 0 atom stereocenters. The predicted molar refractivity (Wildman–Crippen MR) is 121 cm³/mol. The van der Waals surface area contributed by atoms with Crippen LogP contribution in [-0.4, -0.2) is 43.7 Å². The highest BCUT2D eigenvalue weighted by atomic mass is 32.2. The fraction of sp³-hybridized carbons (Fsp3) is 0.391. The van der Waals surface area contributed by atoms with Crippen LogP contribution in [0.25, 0.3) is 0 Å². The summed E-state index contributed by atoms with van der Waals surface area (Å²) in [6, 6.07) is 17.1. The Morgan fingerprint density at radius 2 is 1.87 bits per heavy atom. The van der Waals surface area contributed by atoms with E-state index in [1.54, 1.807) is 0 Å². The average Bonchev–Trinajstić information content (AvgIpc) is 2.77. The summed E-state index contributed by atoms with van der Waals surface area (Å²) >= 11 is 0. The van der Waals surface area contributed by atoms with E-state index in [4.69, 9.17) is 4.74 Å². The standard InChI is InChI=1S/C23H29N3O4S/c1-31(28,29)26(21-12-6-3-7-13-21)17-23(27)25-24-16-20-11-8-14-22(15-20)30-18-19-9-4-2-5-10-19/h2,4-5,8-11,14-16,21H,3,6-7,12-13,17-18H2,1H3,(H,25,27). The van der Waals surface area contributed by atoms with Crippen molar-refractivity contribution in [2.24, 2.45) is 5.10 Å². The van der Waals surface area contributed by atoms with Gasteiger partial charge in [0.15, 0.2) is 0 Å². The third kappa shape index (κ3) is 7.48. The molecule has 3 rings (SSSR count). The normalized spacial score (nSPS) is 15.3. The van der Waals surface area contributed by atoms with Crippen LogP contribution in [0.15, 0.2) is 59.7 Å². The third-order valence-electron chi connectivity index (χ3n) is 5.22. The minimum absolute atomic E-state index is 0.114. The molecule has 1 fully saturated rings. The van der Waals surface area contributed by atoms with Crippen molar-refractivity contribution in [3.05, 3.63) is 65.7 Å². The van der Waals surface area contributed by atoms with E-state index in [9.17, 15) is 13.2 Å². The van der Waals surface area contributed by atoms with Crippen molar-refractivity contribution in [1.82, 2.24) is 9.73 Å². The summed E-state index contributed by atoms with van der Waals surface area (Å²) in [5.41, 5.74) is 4.27. The van der Waals surface area contributed by atoms with Crippen molar-refractivity contribution < 1.29 is 17.9 Å². The highest BCUT2D eigenvalue weighted by Crippen LogP contribution is 2.24. The van der Waals surface area contributed by atoms with Crippen LogP contribution in [0.5, 0.6) is 5.75 Å². The van der Waals surface area contributed by atoms with Crippen LogP contribution in [0.2, 0.25) is 0 Å². The minimum atomic E-state index is -3.47. The summed E-state index contributed by atoms with van der Waals surface area (Å²) < 4.78 is 31.4. The molecule has 0 aliphatic heterocycles. The van der Waals surface area contributed by atoms with Crippen LogP contribution < -0.4 is 10.2 Å². The monoisotopic (exact) mass is 443 g/mol. The van der Waals surface area contributed by atoms with Gasteiger partial charge in [-0.3, -0.25) is 4.79 Å². The van der Waals surface area contributed by atoms with Crippen molar-refractivity contribution in [3.63, 3.8) is 0 Å². The molecule has 7 nitrogen and oxygen atoms in total. The van der Waals surface area contributed by atoms with Crippen LogP contribution in [0.3, 0.4) is 0 Å². The van der Waals surface area contributed by atoms with Gasteiger partial charge in [-0.15, -0.1) is 0 Å². The Hall–Kier alpha value is -2.71. The maximum Gasteiger partial charge on any atom is 0.255 e. The zero-order valence-corrected chi connectivity index (χ0v) is 18.6. The summed E-state index contributed by atoms with van der Waals surface area (Å²) in [6.07, 6.45) is 7.33. The third-order valence-corrected chi connectivity index (χ3v) is 6.50. The van der Waals surface area contributed by atoms with E-state index < -0.39 is 15.9 Å². The summed E-state index contributed by atoms with van der Waals surface area (Å²) in [4.78, 5) is 12.3. The number of nitrogens with zero attached hydrogens (tertiary/aromatic N) is 2. The van der Waals surface area contributed by atoms with E-state index in [2.05, 4.69) is 10.5 Å². The molecule has 1 aliphatic carbocycles. The van der Waals surface area contributed by atoms with E-state index in [1.807, 2.05) is 54.6 Å². The summed E-state index contributed by atoms with van der Waals surface area (Å²) in [6.45, 7) is 0.238. The largest absolute Gasteiger partial charge is 0.489 e. The van der Waals surface area contributed by atoms with Crippen molar-refractivity contribution in [2.75, 3.05) is 12.8 Å². The van der Waals surface area contributed by atoms with Gasteiger partial charge in [-0.05, 0) is 36.1 Å². The molecule has 1 amide bonds. The van der Waals surface area contributed by atoms with Crippen LogP contribution in [0, 0.1) is 0 Å². The smallest absolute Gasteiger partial charge is 0.255 e. The Bertz CT molecular complexity index is 987. The van der Waals surface area contributed by atoms with Crippen molar-refractivity contribution in [1.29, 1.82) is 0 Å². The Morgan fingerprint density at radius 3 is 2.58 bits per heavy atom. The maximum absolute atomic E-state index is 12.3. The number of amides is 1. The van der Waals surface area contributed by atoms with Crippen LogP contribution in [0.1, 0.15) is 43.2 Å². The zero-order chi connectivity index (χ0) is 22.1. The van der Waals surface area contributed by atoms with Crippen molar-refractivity contribution in [3.8, 4) is 5.75 Å². The van der Waals surface area contributed by atoms with Crippen LogP contribution >= 0.6 is 0 Å². The van der Waals surface area contributed by atoms with Crippen molar-refractivity contribution in [2.45, 2.75) is 44.8 Å². The summed E-state index contributed by atoms with van der Waals surface area (Å²) in [7, 11) is -3.47. The molecule has 0 unspecified atom stereocenters. The first-order chi connectivity index (χ1) is 14.9. The van der Waals surface area contributed by atoms with Gasteiger partial charge in [0, 0.05) is 6.04 Å². The van der Waals surface area contributed by atoms with Gasteiger partial charge in [-0.2, -0.15) is 9.41 Å². The van der Waals surface area contributed by atoms with E-state index in [-0.39, 0.29) is 12.6 Å². The number of carbonyl (C=O) groups is 1. The second kappa shape index (κ2) is 11.1. The Balaban J connectivity index is 1.53. The van der Waals surface area contributed by atoms with Gasteiger partial charge in [0.1, 0.15) is 12.4 Å². The topological polar surface area (TPSA) is 88.1 Å². The average molecular weight is 444 g/mol. The highest BCUT2D eigenvalue weighted by Gasteiger charge is 2.29. The first-order valence-electron chi connectivity index (χ1n) is 10.5. The number of carbonyl (C=O) groups excluding carboxylic acids is 1. The molecular formula is C23H29N3O4S. The molecule has 1 aliphatic rings. The van der Waals surface area contributed by atoms with Gasteiger partial charge < -0.3 is 4.74 Å². The predicted octanol–water partition coefficient (Wildman–Crippen LogP) is 3.31.